The molecule has 33 heavy (non-hydrogen) atoms. The summed E-state index contributed by atoms with van der Waals surface area (Å²) in [4.78, 5) is 29.2. The maximum Gasteiger partial charge on any atom is 0.286 e. The maximum atomic E-state index is 13.2. The van der Waals surface area contributed by atoms with Crippen LogP contribution in [-0.4, -0.2) is 44.3 Å². The first-order chi connectivity index (χ1) is 16.1. The number of unbranched alkanes of at least 4 members (excludes halogenated alkanes) is 2. The molecule has 0 aliphatic rings. The van der Waals surface area contributed by atoms with Gasteiger partial charge in [-0.15, -0.1) is 10.2 Å². The molecule has 0 radical (unpaired) electrons. The lowest BCUT2D eigenvalue weighted by molar-refractivity contribution is 0.373. The first kappa shape index (κ1) is 21.4. The van der Waals surface area contributed by atoms with Crippen molar-refractivity contribution < 1.29 is 4.52 Å². The zero-order chi connectivity index (χ0) is 22.8. The first-order valence-electron chi connectivity index (χ1n) is 10.9. The third-order valence-corrected chi connectivity index (χ3v) is 5.83. The van der Waals surface area contributed by atoms with Gasteiger partial charge >= 0.3 is 0 Å². The number of pyridine rings is 1. The number of aromatic nitrogens is 9. The molecule has 5 rings (SSSR count). The van der Waals surface area contributed by atoms with Gasteiger partial charge in [0.1, 0.15) is 5.82 Å². The Labute approximate surface area is 196 Å². The topological polar surface area (TPSA) is 133 Å². The molecular weight excluding hydrogens is 490 g/mol. The van der Waals surface area contributed by atoms with Crippen LogP contribution in [0.5, 0.6) is 0 Å². The Balaban J connectivity index is 1.42. The molecule has 0 saturated carbocycles. The molecule has 5 aromatic rings. The Morgan fingerprint density at radius 3 is 2.79 bits per heavy atom. The third-order valence-electron chi connectivity index (χ3n) is 5.45. The summed E-state index contributed by atoms with van der Waals surface area (Å²) < 4.78 is 9.41. The molecule has 1 N–H and O–H groups in total. The molecule has 12 heteroatoms. The van der Waals surface area contributed by atoms with E-state index in [1.165, 1.54) is 0 Å². The Bertz CT molecular complexity index is 1450. The van der Waals surface area contributed by atoms with Gasteiger partial charge in [0.05, 0.1) is 0 Å². The Morgan fingerprint density at radius 2 is 1.97 bits per heavy atom. The van der Waals surface area contributed by atoms with Gasteiger partial charge in [-0.1, -0.05) is 24.9 Å². The predicted molar refractivity (Wildman–Crippen MR) is 123 cm³/mol. The highest BCUT2D eigenvalue weighted by Gasteiger charge is 2.20. The molecule has 0 saturated heterocycles. The van der Waals surface area contributed by atoms with E-state index in [-0.39, 0.29) is 5.56 Å². The molecule has 170 valence electrons. The largest absolute Gasteiger partial charge is 0.339 e. The lowest BCUT2D eigenvalue weighted by atomic mass is 10.2. The molecule has 0 aliphatic carbocycles. The van der Waals surface area contributed by atoms with Gasteiger partial charge in [0.25, 0.3) is 5.56 Å². The third kappa shape index (κ3) is 4.30. The average Bonchev–Trinajstić information content (AvgIpc) is 3.54. The van der Waals surface area contributed by atoms with E-state index in [2.05, 4.69) is 58.1 Å². The predicted octanol–water partition coefficient (Wildman–Crippen LogP) is 2.87. The van der Waals surface area contributed by atoms with Crippen LogP contribution in [0.25, 0.3) is 16.9 Å². The van der Waals surface area contributed by atoms with Crippen LogP contribution in [0.15, 0.2) is 38.6 Å². The van der Waals surface area contributed by atoms with Gasteiger partial charge in [-0.2, -0.15) is 4.98 Å². The van der Waals surface area contributed by atoms with Crippen molar-refractivity contribution in [2.75, 3.05) is 0 Å². The molecule has 0 atom stereocenters. The maximum absolute atomic E-state index is 13.2. The molecule has 0 aromatic carbocycles. The number of aromatic amines is 1. The summed E-state index contributed by atoms with van der Waals surface area (Å²) >= 11 is 3.35. The second-order valence-corrected chi connectivity index (χ2v) is 8.53. The molecule has 0 fully saturated rings. The highest BCUT2D eigenvalue weighted by molar-refractivity contribution is 9.10. The number of hydrogen-bond acceptors (Lipinski definition) is 8. The molecule has 0 unspecified atom stereocenters. The number of rotatable bonds is 9. The standard InChI is InChI=1S/C21H22BrN9O2/c1-2-3-4-11-30-18-17(25-20(22)26-18)19(32)31-15(27-28-21(30)31)5-6-16-24-14(29-33-16)12-13-7-9-23-10-8-13/h7-10H,2-6,11-12H2,1H3,(H,25,26). The molecule has 5 aromatic heterocycles. The minimum Gasteiger partial charge on any atom is -0.339 e. The summed E-state index contributed by atoms with van der Waals surface area (Å²) in [5.41, 5.74) is 1.82. The van der Waals surface area contributed by atoms with Crippen LogP contribution < -0.4 is 5.56 Å². The van der Waals surface area contributed by atoms with Crippen molar-refractivity contribution in [2.24, 2.45) is 0 Å². The summed E-state index contributed by atoms with van der Waals surface area (Å²) in [6.45, 7) is 2.85. The average molecular weight is 512 g/mol. The number of imidazole rings is 1. The van der Waals surface area contributed by atoms with Crippen molar-refractivity contribution in [3.05, 3.63) is 62.7 Å². The van der Waals surface area contributed by atoms with Crippen molar-refractivity contribution in [1.82, 2.24) is 44.3 Å². The highest BCUT2D eigenvalue weighted by atomic mass is 79.9. The van der Waals surface area contributed by atoms with Crippen molar-refractivity contribution in [1.29, 1.82) is 0 Å². The van der Waals surface area contributed by atoms with E-state index >= 15 is 0 Å². The number of H-pyrrole nitrogens is 1. The monoisotopic (exact) mass is 511 g/mol. The highest BCUT2D eigenvalue weighted by Crippen LogP contribution is 2.17. The van der Waals surface area contributed by atoms with Gasteiger partial charge in [-0.3, -0.25) is 14.3 Å². The summed E-state index contributed by atoms with van der Waals surface area (Å²) in [6.07, 6.45) is 8.04. The van der Waals surface area contributed by atoms with E-state index in [0.717, 1.165) is 24.8 Å². The number of hydrogen-bond donors (Lipinski definition) is 1. The van der Waals surface area contributed by atoms with Gasteiger partial charge in [-0.25, -0.2) is 9.38 Å². The Hall–Kier alpha value is -3.41. The summed E-state index contributed by atoms with van der Waals surface area (Å²) in [5.74, 6) is 2.12. The fourth-order valence-electron chi connectivity index (χ4n) is 3.83. The molecule has 11 nitrogen and oxygen atoms in total. The van der Waals surface area contributed by atoms with Gasteiger partial charge < -0.3 is 9.51 Å². The van der Waals surface area contributed by atoms with Gasteiger partial charge in [-0.05, 0) is 40.0 Å². The number of halogens is 1. The normalized spacial score (nSPS) is 11.7. The number of nitrogens with one attached hydrogen (secondary N) is 1. The van der Waals surface area contributed by atoms with E-state index in [9.17, 15) is 4.79 Å². The molecule has 0 amide bonds. The van der Waals surface area contributed by atoms with Crippen molar-refractivity contribution in [3.8, 4) is 0 Å². The first-order valence-corrected chi connectivity index (χ1v) is 11.7. The summed E-state index contributed by atoms with van der Waals surface area (Å²) in [7, 11) is 0. The van der Waals surface area contributed by atoms with Gasteiger partial charge in [0.15, 0.2) is 21.7 Å². The summed E-state index contributed by atoms with van der Waals surface area (Å²) in [5, 5.41) is 12.7. The second-order valence-electron chi connectivity index (χ2n) is 7.78. The lowest BCUT2D eigenvalue weighted by Crippen LogP contribution is -2.21. The summed E-state index contributed by atoms with van der Waals surface area (Å²) in [6, 6.07) is 3.83. The fourth-order valence-corrected chi connectivity index (χ4v) is 4.20. The number of nitrogens with zero attached hydrogens (tertiary/aromatic N) is 8. The van der Waals surface area contributed by atoms with Crippen LogP contribution in [-0.2, 0) is 25.8 Å². The zero-order valence-electron chi connectivity index (χ0n) is 18.0. The van der Waals surface area contributed by atoms with E-state index in [1.807, 2.05) is 16.7 Å². The van der Waals surface area contributed by atoms with E-state index in [1.54, 1.807) is 16.8 Å². The Kier molecular flexibility index (Phi) is 5.99. The van der Waals surface area contributed by atoms with Crippen LogP contribution in [0.1, 0.15) is 49.3 Å². The van der Waals surface area contributed by atoms with Crippen molar-refractivity contribution in [2.45, 2.75) is 52.0 Å². The van der Waals surface area contributed by atoms with Crippen LogP contribution in [0.4, 0.5) is 0 Å². The molecule has 0 bridgehead atoms. The number of aryl methyl sites for hydroxylation is 3. The van der Waals surface area contributed by atoms with Gasteiger partial charge in [0, 0.05) is 38.2 Å². The van der Waals surface area contributed by atoms with Crippen LogP contribution >= 0.6 is 15.9 Å². The SMILES string of the molecule is CCCCCn1c2nc(Br)[nH]c2c(=O)n2c(CCc3nc(Cc4ccncc4)no3)nnc12. The van der Waals surface area contributed by atoms with Crippen LogP contribution in [0.3, 0.4) is 0 Å². The minimum atomic E-state index is -0.228. The smallest absolute Gasteiger partial charge is 0.286 e. The van der Waals surface area contributed by atoms with E-state index in [4.69, 9.17) is 4.52 Å². The molecule has 0 spiro atoms. The molecule has 0 aliphatic heterocycles. The number of fused-ring (bicyclic) bond motifs is 2. The zero-order valence-corrected chi connectivity index (χ0v) is 19.6. The van der Waals surface area contributed by atoms with E-state index < -0.39 is 0 Å². The fraction of sp³-hybridized carbons (Fsp3) is 0.381. The lowest BCUT2D eigenvalue weighted by Gasteiger charge is -2.09. The minimum absolute atomic E-state index is 0.228. The second kappa shape index (κ2) is 9.22. The molecular formula is C21H22BrN9O2. The van der Waals surface area contributed by atoms with E-state index in [0.29, 0.717) is 65.0 Å². The molecule has 5 heterocycles. The van der Waals surface area contributed by atoms with Crippen molar-refractivity contribution >= 4 is 32.9 Å². The Morgan fingerprint density at radius 1 is 1.12 bits per heavy atom. The quantitative estimate of drug-likeness (QED) is 0.236. The van der Waals surface area contributed by atoms with Crippen LogP contribution in [0, 0.1) is 0 Å². The van der Waals surface area contributed by atoms with Crippen LogP contribution in [0.2, 0.25) is 0 Å². The van der Waals surface area contributed by atoms with Crippen molar-refractivity contribution in [3.63, 3.8) is 0 Å². The van der Waals surface area contributed by atoms with Gasteiger partial charge in [0.2, 0.25) is 11.7 Å².